The number of hydrogen-bond donors (Lipinski definition) is 2. The summed E-state index contributed by atoms with van der Waals surface area (Å²) in [4.78, 5) is 42.1. The Hall–Kier alpha value is -2.51. The molecule has 4 rings (SSSR count). The van der Waals surface area contributed by atoms with Crippen LogP contribution in [0.3, 0.4) is 0 Å². The monoisotopic (exact) mass is 426 g/mol. The van der Waals surface area contributed by atoms with Crippen molar-refractivity contribution in [3.63, 3.8) is 0 Å². The van der Waals surface area contributed by atoms with Crippen molar-refractivity contribution in [2.45, 2.75) is 38.6 Å². The van der Waals surface area contributed by atoms with Gasteiger partial charge in [0, 0.05) is 24.9 Å². The molecule has 0 aliphatic carbocycles. The zero-order valence-electron chi connectivity index (χ0n) is 17.3. The lowest BCUT2D eigenvalue weighted by Crippen LogP contribution is -3.11. The number of fused-ring (bicyclic) bond motifs is 1. The summed E-state index contributed by atoms with van der Waals surface area (Å²) in [7, 11) is 0. The van der Waals surface area contributed by atoms with Gasteiger partial charge in [-0.15, -0.1) is 11.3 Å². The molecule has 2 aliphatic heterocycles. The molecule has 1 fully saturated rings. The van der Waals surface area contributed by atoms with Crippen LogP contribution in [0.5, 0.6) is 0 Å². The van der Waals surface area contributed by atoms with Crippen molar-refractivity contribution in [3.05, 3.63) is 57.3 Å². The van der Waals surface area contributed by atoms with Gasteiger partial charge in [-0.2, -0.15) is 0 Å². The molecule has 7 heteroatoms. The van der Waals surface area contributed by atoms with E-state index in [-0.39, 0.29) is 23.8 Å². The second-order valence-corrected chi connectivity index (χ2v) is 9.00. The van der Waals surface area contributed by atoms with Gasteiger partial charge < -0.3 is 10.2 Å². The van der Waals surface area contributed by atoms with Crippen LogP contribution in [0.4, 0.5) is 0 Å². The van der Waals surface area contributed by atoms with Crippen LogP contribution in [-0.2, 0) is 0 Å². The zero-order chi connectivity index (χ0) is 21.1. The molecule has 1 aromatic heterocycles. The minimum atomic E-state index is -0.295. The van der Waals surface area contributed by atoms with E-state index in [1.807, 2.05) is 6.92 Å². The van der Waals surface area contributed by atoms with Crippen molar-refractivity contribution >= 4 is 29.1 Å². The molecule has 158 valence electrons. The molecule has 0 unspecified atom stereocenters. The van der Waals surface area contributed by atoms with Crippen molar-refractivity contribution in [1.29, 1.82) is 0 Å². The fraction of sp³-hybridized carbons (Fsp3) is 0.435. The quantitative estimate of drug-likeness (QED) is 0.637. The lowest BCUT2D eigenvalue weighted by atomic mass is 10.1. The van der Waals surface area contributed by atoms with Crippen molar-refractivity contribution in [3.8, 4) is 0 Å². The highest BCUT2D eigenvalue weighted by Crippen LogP contribution is 2.24. The van der Waals surface area contributed by atoms with Crippen molar-refractivity contribution in [2.75, 3.05) is 26.2 Å². The number of thiophene rings is 1. The third kappa shape index (κ3) is 4.04. The van der Waals surface area contributed by atoms with E-state index in [0.717, 1.165) is 25.9 Å². The van der Waals surface area contributed by atoms with Gasteiger partial charge in [-0.05, 0) is 36.1 Å². The first kappa shape index (κ1) is 20.8. The SMILES string of the molecule is CCCCN1C(=O)c2ccc(C(=O)NC[C@H](c3cccs3)[NH+]3CCCC3)cc2C1=O. The second kappa shape index (κ2) is 9.10. The number of unbranched alkanes of at least 4 members (excludes halogenated alkanes) is 1. The average molecular weight is 427 g/mol. The highest BCUT2D eigenvalue weighted by atomic mass is 32.1. The molecule has 2 aromatic rings. The number of quaternary nitrogens is 1. The minimum Gasteiger partial charge on any atom is -0.346 e. The average Bonchev–Trinajstić information content (AvgIpc) is 3.51. The molecular weight excluding hydrogens is 398 g/mol. The van der Waals surface area contributed by atoms with E-state index >= 15 is 0 Å². The van der Waals surface area contributed by atoms with Crippen LogP contribution >= 0.6 is 11.3 Å². The molecular formula is C23H28N3O3S+. The van der Waals surface area contributed by atoms with Crippen molar-refractivity contribution < 1.29 is 19.3 Å². The van der Waals surface area contributed by atoms with Crippen molar-refractivity contribution in [2.24, 2.45) is 0 Å². The Balaban J connectivity index is 1.46. The summed E-state index contributed by atoms with van der Waals surface area (Å²) in [6, 6.07) is 9.26. The fourth-order valence-electron chi connectivity index (χ4n) is 4.36. The number of carbonyl (C=O) groups is 3. The highest BCUT2D eigenvalue weighted by molar-refractivity contribution is 7.10. The predicted molar refractivity (Wildman–Crippen MR) is 116 cm³/mol. The van der Waals surface area contributed by atoms with Crippen molar-refractivity contribution in [1.82, 2.24) is 10.2 Å². The van der Waals surface area contributed by atoms with Crippen LogP contribution in [0.15, 0.2) is 35.7 Å². The van der Waals surface area contributed by atoms with Gasteiger partial charge in [0.15, 0.2) is 0 Å². The predicted octanol–water partition coefficient (Wildman–Crippen LogP) is 2.29. The molecule has 2 aliphatic rings. The first-order valence-electron chi connectivity index (χ1n) is 10.8. The lowest BCUT2D eigenvalue weighted by molar-refractivity contribution is -0.918. The zero-order valence-corrected chi connectivity index (χ0v) is 18.1. The van der Waals surface area contributed by atoms with Gasteiger partial charge in [0.05, 0.1) is 35.6 Å². The summed E-state index contributed by atoms with van der Waals surface area (Å²) in [5.41, 5.74) is 1.16. The number of amides is 3. The second-order valence-electron chi connectivity index (χ2n) is 8.02. The molecule has 3 amide bonds. The molecule has 0 spiro atoms. The van der Waals surface area contributed by atoms with Crippen LogP contribution in [0.1, 0.15) is 74.6 Å². The highest BCUT2D eigenvalue weighted by Gasteiger charge is 2.35. The number of likely N-dealkylation sites (tertiary alicyclic amines) is 1. The van der Waals surface area contributed by atoms with Gasteiger partial charge in [0.2, 0.25) is 0 Å². The maximum Gasteiger partial charge on any atom is 0.261 e. The van der Waals surface area contributed by atoms with Crippen LogP contribution in [-0.4, -0.2) is 48.8 Å². The van der Waals surface area contributed by atoms with Gasteiger partial charge in [0.1, 0.15) is 6.04 Å². The Morgan fingerprint density at radius 2 is 1.93 bits per heavy atom. The number of nitrogens with one attached hydrogen (secondary N) is 2. The first-order chi connectivity index (χ1) is 14.6. The van der Waals surface area contributed by atoms with Gasteiger partial charge in [-0.25, -0.2) is 0 Å². The minimum absolute atomic E-state index is 0.204. The maximum absolute atomic E-state index is 12.8. The van der Waals surface area contributed by atoms with Crippen LogP contribution in [0.25, 0.3) is 0 Å². The molecule has 1 atom stereocenters. The maximum atomic E-state index is 12.8. The van der Waals surface area contributed by atoms with Gasteiger partial charge >= 0.3 is 0 Å². The topological polar surface area (TPSA) is 70.9 Å². The van der Waals surface area contributed by atoms with Gasteiger partial charge in [-0.3, -0.25) is 19.3 Å². The van der Waals surface area contributed by atoms with Gasteiger partial charge in [0.25, 0.3) is 17.7 Å². The smallest absolute Gasteiger partial charge is 0.261 e. The Kier molecular flexibility index (Phi) is 6.29. The molecule has 3 heterocycles. The Labute approximate surface area is 180 Å². The first-order valence-corrected chi connectivity index (χ1v) is 11.6. The Morgan fingerprint density at radius 3 is 2.63 bits per heavy atom. The molecule has 1 saturated heterocycles. The Morgan fingerprint density at radius 1 is 1.17 bits per heavy atom. The normalized spacial score (nSPS) is 17.4. The van der Waals surface area contributed by atoms with E-state index < -0.39 is 0 Å². The third-order valence-electron chi connectivity index (χ3n) is 6.06. The largest absolute Gasteiger partial charge is 0.346 e. The summed E-state index contributed by atoms with van der Waals surface area (Å²) in [5.74, 6) is -0.757. The molecule has 0 saturated carbocycles. The van der Waals surface area contributed by atoms with Crippen LogP contribution in [0.2, 0.25) is 0 Å². The van der Waals surface area contributed by atoms with E-state index in [1.165, 1.54) is 27.5 Å². The molecule has 6 nitrogen and oxygen atoms in total. The van der Waals surface area contributed by atoms with E-state index in [1.54, 1.807) is 29.5 Å². The molecule has 30 heavy (non-hydrogen) atoms. The van der Waals surface area contributed by atoms with E-state index in [4.69, 9.17) is 0 Å². The number of benzene rings is 1. The summed E-state index contributed by atoms with van der Waals surface area (Å²) in [5, 5.41) is 5.14. The number of hydrogen-bond acceptors (Lipinski definition) is 4. The standard InChI is InChI=1S/C23H27N3O3S/c1-2-3-12-26-22(28)17-9-8-16(14-18(17)23(26)29)21(27)24-15-19(20-7-6-13-30-20)25-10-4-5-11-25/h6-9,13-14,19H,2-5,10-12,15H2,1H3,(H,24,27)/p+1/t19-/m1/s1. The molecule has 0 bridgehead atoms. The van der Waals surface area contributed by atoms with Crippen LogP contribution < -0.4 is 10.2 Å². The number of carbonyl (C=O) groups excluding carboxylic acids is 3. The number of imide groups is 1. The number of rotatable bonds is 8. The fourth-order valence-corrected chi connectivity index (χ4v) is 5.25. The summed E-state index contributed by atoms with van der Waals surface area (Å²) < 4.78 is 0. The third-order valence-corrected chi connectivity index (χ3v) is 7.05. The van der Waals surface area contributed by atoms with E-state index in [9.17, 15) is 14.4 Å². The molecule has 2 N–H and O–H groups in total. The summed E-state index contributed by atoms with van der Waals surface area (Å²) in [6.07, 6.45) is 4.13. The van der Waals surface area contributed by atoms with Gasteiger partial charge in [-0.1, -0.05) is 19.4 Å². The molecule has 0 radical (unpaired) electrons. The molecule has 1 aromatic carbocycles. The summed E-state index contributed by atoms with van der Waals surface area (Å²) in [6.45, 7) is 5.25. The Bertz CT molecular complexity index is 935. The van der Waals surface area contributed by atoms with E-state index in [0.29, 0.717) is 29.8 Å². The van der Waals surface area contributed by atoms with Crippen LogP contribution in [0, 0.1) is 0 Å². The number of nitrogens with zero attached hydrogens (tertiary/aromatic N) is 1. The summed E-state index contributed by atoms with van der Waals surface area (Å²) >= 11 is 1.73. The van der Waals surface area contributed by atoms with E-state index in [2.05, 4.69) is 22.8 Å². The lowest BCUT2D eigenvalue weighted by Gasteiger charge is -2.24.